The molecule has 2 rings (SSSR count). The van der Waals surface area contributed by atoms with Crippen molar-refractivity contribution in [3.8, 4) is 0 Å². The maximum atomic E-state index is 13.4. The van der Waals surface area contributed by atoms with Crippen molar-refractivity contribution >= 4 is 23.6 Å². The summed E-state index contributed by atoms with van der Waals surface area (Å²) in [6, 6.07) is 3.05. The van der Waals surface area contributed by atoms with E-state index < -0.39 is 34.6 Å². The number of hydrogen-bond acceptors (Lipinski definition) is 3. The summed E-state index contributed by atoms with van der Waals surface area (Å²) in [5.74, 6) is -3.49. The Bertz CT molecular complexity index is 509. The molecule has 1 fully saturated rings. The van der Waals surface area contributed by atoms with Crippen LogP contribution in [0.2, 0.25) is 0 Å². The van der Waals surface area contributed by atoms with E-state index >= 15 is 0 Å². The zero-order valence-electron chi connectivity index (χ0n) is 9.78. The molecule has 102 valence electrons. The van der Waals surface area contributed by atoms with E-state index in [0.717, 1.165) is 18.2 Å². The first-order valence-electron chi connectivity index (χ1n) is 5.54. The van der Waals surface area contributed by atoms with Crippen molar-refractivity contribution in [3.63, 3.8) is 0 Å². The van der Waals surface area contributed by atoms with Crippen LogP contribution in [-0.2, 0) is 4.79 Å². The first kappa shape index (κ1) is 13.8. The summed E-state index contributed by atoms with van der Waals surface area (Å²) >= 11 is 1.37. The predicted octanol–water partition coefficient (Wildman–Crippen LogP) is 1.65. The molecule has 1 atom stereocenters. The molecule has 1 amide bonds. The zero-order valence-corrected chi connectivity index (χ0v) is 10.6. The van der Waals surface area contributed by atoms with Gasteiger partial charge in [-0.05, 0) is 24.3 Å². The number of carbonyl (C=O) groups is 2. The third-order valence-electron chi connectivity index (χ3n) is 2.97. The largest absolute Gasteiger partial charge is 0.479 e. The van der Waals surface area contributed by atoms with Crippen LogP contribution in [0.5, 0.6) is 0 Å². The van der Waals surface area contributed by atoms with Gasteiger partial charge in [0.15, 0.2) is 0 Å². The van der Waals surface area contributed by atoms with E-state index in [4.69, 9.17) is 0 Å². The van der Waals surface area contributed by atoms with Gasteiger partial charge in [-0.3, -0.25) is 4.79 Å². The number of halogens is 2. The summed E-state index contributed by atoms with van der Waals surface area (Å²) in [5, 5.41) is 11.4. The van der Waals surface area contributed by atoms with Crippen LogP contribution in [0.1, 0.15) is 16.8 Å². The Balaban J connectivity index is 2.28. The van der Waals surface area contributed by atoms with Crippen LogP contribution in [0.25, 0.3) is 0 Å². The number of carboxylic acid groups (broad SMARTS) is 1. The average molecular weight is 287 g/mol. The molecule has 1 unspecified atom stereocenters. The minimum absolute atomic E-state index is 0.185. The van der Waals surface area contributed by atoms with Gasteiger partial charge in [0, 0.05) is 5.75 Å². The lowest BCUT2D eigenvalue weighted by atomic mass is 9.98. The Kier molecular flexibility index (Phi) is 3.75. The monoisotopic (exact) mass is 287 g/mol. The van der Waals surface area contributed by atoms with Gasteiger partial charge in [-0.2, -0.15) is 11.8 Å². The van der Waals surface area contributed by atoms with Gasteiger partial charge in [-0.1, -0.05) is 6.07 Å². The molecule has 1 aromatic rings. The lowest BCUT2D eigenvalue weighted by Crippen LogP contribution is -2.55. The van der Waals surface area contributed by atoms with Crippen molar-refractivity contribution in [2.75, 3.05) is 11.5 Å². The number of carboxylic acids is 1. The molecular weight excluding hydrogens is 276 g/mol. The van der Waals surface area contributed by atoms with Gasteiger partial charge >= 0.3 is 5.97 Å². The van der Waals surface area contributed by atoms with E-state index in [1.807, 2.05) is 0 Å². The quantitative estimate of drug-likeness (QED) is 0.887. The summed E-state index contributed by atoms with van der Waals surface area (Å²) in [6.45, 7) is 0. The molecule has 0 saturated carbocycles. The Labute approximate surface area is 112 Å². The van der Waals surface area contributed by atoms with Crippen molar-refractivity contribution in [1.29, 1.82) is 0 Å². The van der Waals surface area contributed by atoms with Crippen LogP contribution in [-0.4, -0.2) is 34.0 Å². The highest BCUT2D eigenvalue weighted by Gasteiger charge is 2.44. The number of hydrogen-bond donors (Lipinski definition) is 2. The van der Waals surface area contributed by atoms with E-state index in [1.54, 1.807) is 0 Å². The lowest BCUT2D eigenvalue weighted by molar-refractivity contribution is -0.143. The van der Waals surface area contributed by atoms with Crippen LogP contribution in [0.3, 0.4) is 0 Å². The van der Waals surface area contributed by atoms with E-state index in [9.17, 15) is 23.5 Å². The molecule has 0 radical (unpaired) electrons. The minimum atomic E-state index is -1.45. The highest BCUT2D eigenvalue weighted by atomic mass is 32.2. The summed E-state index contributed by atoms with van der Waals surface area (Å²) in [4.78, 5) is 23.1. The van der Waals surface area contributed by atoms with Crippen molar-refractivity contribution in [3.05, 3.63) is 35.4 Å². The molecule has 1 saturated heterocycles. The second-order valence-corrected chi connectivity index (χ2v) is 5.35. The van der Waals surface area contributed by atoms with Crippen LogP contribution < -0.4 is 5.32 Å². The predicted molar refractivity (Wildman–Crippen MR) is 66.1 cm³/mol. The Morgan fingerprint density at radius 2 is 1.95 bits per heavy atom. The fourth-order valence-corrected chi connectivity index (χ4v) is 3.21. The van der Waals surface area contributed by atoms with Crippen LogP contribution >= 0.6 is 11.8 Å². The summed E-state index contributed by atoms with van der Waals surface area (Å²) < 4.78 is 26.9. The van der Waals surface area contributed by atoms with Gasteiger partial charge < -0.3 is 10.4 Å². The van der Waals surface area contributed by atoms with E-state index in [0.29, 0.717) is 5.75 Å². The zero-order chi connectivity index (χ0) is 14.0. The lowest BCUT2D eigenvalue weighted by Gasteiger charge is -2.24. The third-order valence-corrected chi connectivity index (χ3v) is 4.16. The van der Waals surface area contributed by atoms with E-state index in [1.165, 1.54) is 11.8 Å². The molecule has 19 heavy (non-hydrogen) atoms. The molecule has 1 aliphatic rings. The number of amides is 1. The fourth-order valence-electron chi connectivity index (χ4n) is 1.88. The fraction of sp³-hybridized carbons (Fsp3) is 0.333. The van der Waals surface area contributed by atoms with Crippen LogP contribution in [0.4, 0.5) is 8.78 Å². The number of rotatable bonds is 3. The number of nitrogens with one attached hydrogen (secondary N) is 1. The SMILES string of the molecule is O=C(NC1(C(=O)O)CCSC1)c1c(F)cccc1F. The first-order chi connectivity index (χ1) is 8.96. The molecule has 0 bridgehead atoms. The third kappa shape index (κ3) is 2.56. The number of aliphatic carboxylic acids is 1. The number of thioether (sulfide) groups is 1. The van der Waals surface area contributed by atoms with Crippen LogP contribution in [0, 0.1) is 11.6 Å². The molecule has 7 heteroatoms. The molecule has 2 N–H and O–H groups in total. The topological polar surface area (TPSA) is 66.4 Å². The second kappa shape index (κ2) is 5.16. The standard InChI is InChI=1S/C12H11F2NO3S/c13-7-2-1-3-8(14)9(7)10(16)15-12(11(17)18)4-5-19-6-12/h1-3H,4-6H2,(H,15,16)(H,17,18). The molecular formula is C12H11F2NO3S. The van der Waals surface area contributed by atoms with Gasteiger partial charge in [0.2, 0.25) is 0 Å². The Morgan fingerprint density at radius 1 is 1.32 bits per heavy atom. The molecule has 0 aliphatic carbocycles. The van der Waals surface area contributed by atoms with E-state index in [-0.39, 0.29) is 12.2 Å². The van der Waals surface area contributed by atoms with Gasteiger partial charge in [0.05, 0.1) is 0 Å². The van der Waals surface area contributed by atoms with Gasteiger partial charge in [0.25, 0.3) is 5.91 Å². The van der Waals surface area contributed by atoms with Crippen molar-refractivity contribution in [2.45, 2.75) is 12.0 Å². The molecule has 4 nitrogen and oxygen atoms in total. The number of carbonyl (C=O) groups excluding carboxylic acids is 1. The second-order valence-electron chi connectivity index (χ2n) is 4.24. The maximum Gasteiger partial charge on any atom is 0.330 e. The van der Waals surface area contributed by atoms with Gasteiger partial charge in [0.1, 0.15) is 22.7 Å². The first-order valence-corrected chi connectivity index (χ1v) is 6.69. The summed E-state index contributed by atoms with van der Waals surface area (Å²) in [7, 11) is 0. The molecule has 1 heterocycles. The normalized spacial score (nSPS) is 22.2. The van der Waals surface area contributed by atoms with Crippen molar-refractivity contribution in [1.82, 2.24) is 5.32 Å². The number of benzene rings is 1. The summed E-state index contributed by atoms with van der Waals surface area (Å²) in [5.41, 5.74) is -2.20. The van der Waals surface area contributed by atoms with Crippen molar-refractivity contribution < 1.29 is 23.5 Å². The molecule has 1 aromatic carbocycles. The molecule has 1 aliphatic heterocycles. The molecule has 0 spiro atoms. The highest BCUT2D eigenvalue weighted by Crippen LogP contribution is 2.29. The highest BCUT2D eigenvalue weighted by molar-refractivity contribution is 7.99. The Morgan fingerprint density at radius 3 is 2.42 bits per heavy atom. The average Bonchev–Trinajstić information content (AvgIpc) is 2.78. The Hall–Kier alpha value is -1.63. The van der Waals surface area contributed by atoms with E-state index in [2.05, 4.69) is 5.32 Å². The van der Waals surface area contributed by atoms with Gasteiger partial charge in [-0.15, -0.1) is 0 Å². The minimum Gasteiger partial charge on any atom is -0.479 e. The summed E-state index contributed by atoms with van der Waals surface area (Å²) in [6.07, 6.45) is 0.231. The molecule has 0 aromatic heterocycles. The van der Waals surface area contributed by atoms with Crippen molar-refractivity contribution in [2.24, 2.45) is 0 Å². The van der Waals surface area contributed by atoms with Gasteiger partial charge in [-0.25, -0.2) is 13.6 Å². The maximum absolute atomic E-state index is 13.4. The van der Waals surface area contributed by atoms with Crippen LogP contribution in [0.15, 0.2) is 18.2 Å². The smallest absolute Gasteiger partial charge is 0.330 e.